The van der Waals surface area contributed by atoms with Gasteiger partial charge in [-0.25, -0.2) is 0 Å². The van der Waals surface area contributed by atoms with Gasteiger partial charge in [-0.2, -0.15) is 0 Å². The molecule has 1 amide bonds. The lowest BCUT2D eigenvalue weighted by Crippen LogP contribution is -2.42. The maximum Gasteiger partial charge on any atom is 0.224 e. The number of rotatable bonds is 3. The molecule has 3 heteroatoms. The molecule has 1 unspecified atom stereocenters. The number of anilines is 1. The Bertz CT molecular complexity index is 1560. The van der Waals surface area contributed by atoms with Crippen molar-refractivity contribution in [2.45, 2.75) is 32.2 Å². The molecule has 0 fully saturated rings. The van der Waals surface area contributed by atoms with Crippen LogP contribution in [0, 0.1) is 0 Å². The van der Waals surface area contributed by atoms with E-state index >= 15 is 0 Å². The van der Waals surface area contributed by atoms with Gasteiger partial charge in [-0.05, 0) is 69.5 Å². The second-order valence-corrected chi connectivity index (χ2v) is 9.21. The Morgan fingerprint density at radius 2 is 1.59 bits per heavy atom. The topological polar surface area (TPSA) is 29.5 Å². The Balaban J connectivity index is 1.45. The number of carbonyl (C=O) groups is 1. The summed E-state index contributed by atoms with van der Waals surface area (Å²) < 4.78 is 5.69. The summed E-state index contributed by atoms with van der Waals surface area (Å²) in [5.74, 6) is 0.868. The highest BCUT2D eigenvalue weighted by molar-refractivity contribution is 6.09. The Kier molecular flexibility index (Phi) is 4.99. The molecule has 0 radical (unpaired) electrons. The lowest BCUT2D eigenvalue weighted by atomic mass is 9.83. The van der Waals surface area contributed by atoms with Crippen molar-refractivity contribution in [1.82, 2.24) is 0 Å². The molecule has 0 saturated carbocycles. The van der Waals surface area contributed by atoms with E-state index in [2.05, 4.69) is 60.7 Å². The van der Waals surface area contributed by atoms with E-state index in [-0.39, 0.29) is 11.9 Å². The molecule has 1 aliphatic carbocycles. The molecule has 0 aliphatic heterocycles. The fourth-order valence-corrected chi connectivity index (χ4v) is 5.85. The summed E-state index contributed by atoms with van der Waals surface area (Å²) in [7, 11) is 1.69. The van der Waals surface area contributed by atoms with Crippen LogP contribution in [0.3, 0.4) is 0 Å². The number of nitrogens with zero attached hydrogens (tertiary/aromatic N) is 1. The Hall–Kier alpha value is -3.85. The highest BCUT2D eigenvalue weighted by Gasteiger charge is 2.29. The van der Waals surface area contributed by atoms with Crippen molar-refractivity contribution in [3.63, 3.8) is 0 Å². The number of amides is 1. The molecule has 3 nitrogen and oxygen atoms in total. The van der Waals surface area contributed by atoms with Crippen LogP contribution in [0.5, 0.6) is 5.75 Å². The zero-order valence-corrected chi connectivity index (χ0v) is 19.5. The first-order chi connectivity index (χ1) is 16.7. The highest BCUT2D eigenvalue weighted by Crippen LogP contribution is 2.39. The third-order valence-electron chi connectivity index (χ3n) is 7.35. The zero-order chi connectivity index (χ0) is 23.2. The molecule has 0 saturated heterocycles. The van der Waals surface area contributed by atoms with Crippen molar-refractivity contribution in [2.75, 3.05) is 12.0 Å². The molecule has 6 rings (SSSR count). The van der Waals surface area contributed by atoms with Crippen molar-refractivity contribution in [3.05, 3.63) is 96.1 Å². The van der Waals surface area contributed by atoms with Gasteiger partial charge in [0.2, 0.25) is 5.91 Å². The maximum atomic E-state index is 13.0. The Morgan fingerprint density at radius 3 is 2.41 bits per heavy atom. The van der Waals surface area contributed by atoms with Crippen LogP contribution in [0.2, 0.25) is 0 Å². The summed E-state index contributed by atoms with van der Waals surface area (Å²) in [4.78, 5) is 15.0. The number of hydrogen-bond acceptors (Lipinski definition) is 2. The standard InChI is InChI=1S/C31H27NO2/c1-20(33)32(29-11-5-8-22-9-6-12-30(34-2)31(22)29)24-15-18-26-23(19-24)14-17-27-25-10-4-3-7-21(25)13-16-28(26)27/h3-14,16-17,24H,15,18-19H2,1-2H3. The number of benzene rings is 5. The maximum absolute atomic E-state index is 13.0. The fraction of sp³-hybridized carbons (Fsp3) is 0.194. The van der Waals surface area contributed by atoms with Crippen molar-refractivity contribution >= 4 is 43.9 Å². The van der Waals surface area contributed by atoms with Gasteiger partial charge in [0, 0.05) is 18.4 Å². The summed E-state index contributed by atoms with van der Waals surface area (Å²) in [5, 5.41) is 7.32. The Morgan fingerprint density at radius 1 is 0.824 bits per heavy atom. The van der Waals surface area contributed by atoms with Crippen molar-refractivity contribution < 1.29 is 9.53 Å². The largest absolute Gasteiger partial charge is 0.496 e. The molecule has 1 atom stereocenters. The van der Waals surface area contributed by atoms with E-state index < -0.39 is 0 Å². The minimum absolute atomic E-state index is 0.0682. The predicted molar refractivity (Wildman–Crippen MR) is 141 cm³/mol. The minimum Gasteiger partial charge on any atom is -0.496 e. The van der Waals surface area contributed by atoms with Gasteiger partial charge >= 0.3 is 0 Å². The van der Waals surface area contributed by atoms with Gasteiger partial charge < -0.3 is 9.64 Å². The Labute approximate surface area is 199 Å². The molecule has 0 aromatic heterocycles. The molecule has 168 valence electrons. The number of ether oxygens (including phenoxy) is 1. The smallest absolute Gasteiger partial charge is 0.224 e. The molecule has 0 N–H and O–H groups in total. The molecule has 5 aromatic carbocycles. The van der Waals surface area contributed by atoms with E-state index in [1.54, 1.807) is 14.0 Å². The van der Waals surface area contributed by atoms with Gasteiger partial charge in [0.15, 0.2) is 0 Å². The number of methoxy groups -OCH3 is 1. The molecule has 1 aliphatic rings. The fourth-order valence-electron chi connectivity index (χ4n) is 5.85. The molecular weight excluding hydrogens is 418 g/mol. The molecule has 5 aromatic rings. The van der Waals surface area contributed by atoms with E-state index in [0.29, 0.717) is 0 Å². The average molecular weight is 446 g/mol. The SMILES string of the molecule is COc1cccc2cccc(N(C(C)=O)C3CCc4c(ccc5c4ccc4ccccc45)C3)c12. The zero-order valence-electron chi connectivity index (χ0n) is 19.5. The number of aryl methyl sites for hydroxylation is 1. The predicted octanol–water partition coefficient (Wildman–Crippen LogP) is 7.07. The van der Waals surface area contributed by atoms with E-state index in [9.17, 15) is 4.79 Å². The third-order valence-corrected chi connectivity index (χ3v) is 7.35. The summed E-state index contributed by atoms with van der Waals surface area (Å²) in [6.45, 7) is 1.68. The third kappa shape index (κ3) is 3.23. The lowest BCUT2D eigenvalue weighted by molar-refractivity contribution is -0.117. The van der Waals surface area contributed by atoms with E-state index in [1.807, 2.05) is 29.2 Å². The van der Waals surface area contributed by atoms with Crippen LogP contribution in [-0.4, -0.2) is 19.1 Å². The van der Waals surface area contributed by atoms with Gasteiger partial charge in [-0.1, -0.05) is 72.8 Å². The van der Waals surface area contributed by atoms with Crippen LogP contribution in [0.25, 0.3) is 32.3 Å². The monoisotopic (exact) mass is 445 g/mol. The number of hydrogen-bond donors (Lipinski definition) is 0. The van der Waals surface area contributed by atoms with E-state index in [1.165, 1.54) is 32.7 Å². The van der Waals surface area contributed by atoms with E-state index in [0.717, 1.165) is 41.5 Å². The summed E-state index contributed by atoms with van der Waals surface area (Å²) in [6.07, 6.45) is 2.74. The molecule has 0 bridgehead atoms. The summed E-state index contributed by atoms with van der Waals surface area (Å²) in [5.41, 5.74) is 3.71. The average Bonchev–Trinajstić information content (AvgIpc) is 2.87. The van der Waals surface area contributed by atoms with Crippen LogP contribution >= 0.6 is 0 Å². The first kappa shape index (κ1) is 20.7. The lowest BCUT2D eigenvalue weighted by Gasteiger charge is -2.36. The van der Waals surface area contributed by atoms with E-state index in [4.69, 9.17) is 4.74 Å². The van der Waals surface area contributed by atoms with Crippen molar-refractivity contribution in [1.29, 1.82) is 0 Å². The molecule has 0 spiro atoms. The molecule has 34 heavy (non-hydrogen) atoms. The van der Waals surface area contributed by atoms with Crippen LogP contribution in [0.4, 0.5) is 5.69 Å². The number of fused-ring (bicyclic) bond motifs is 6. The minimum atomic E-state index is 0.0682. The second-order valence-electron chi connectivity index (χ2n) is 9.21. The quantitative estimate of drug-likeness (QED) is 0.278. The van der Waals surface area contributed by atoms with Crippen molar-refractivity contribution in [2.24, 2.45) is 0 Å². The van der Waals surface area contributed by atoms with Crippen LogP contribution in [0.1, 0.15) is 24.5 Å². The molecule has 0 heterocycles. The summed E-state index contributed by atoms with van der Waals surface area (Å²) in [6, 6.07) is 29.9. The van der Waals surface area contributed by atoms with Gasteiger partial charge in [-0.3, -0.25) is 4.79 Å². The normalized spacial score (nSPS) is 15.4. The van der Waals surface area contributed by atoms with Crippen LogP contribution < -0.4 is 9.64 Å². The number of carbonyl (C=O) groups excluding carboxylic acids is 1. The molecular formula is C31H27NO2. The van der Waals surface area contributed by atoms with Gasteiger partial charge in [0.05, 0.1) is 12.8 Å². The highest BCUT2D eigenvalue weighted by atomic mass is 16.5. The first-order valence-electron chi connectivity index (χ1n) is 11.9. The van der Waals surface area contributed by atoms with Gasteiger partial charge in [0.25, 0.3) is 0 Å². The first-order valence-corrected chi connectivity index (χ1v) is 11.9. The van der Waals surface area contributed by atoms with Gasteiger partial charge in [-0.15, -0.1) is 0 Å². The van der Waals surface area contributed by atoms with Crippen LogP contribution in [0.15, 0.2) is 84.9 Å². The van der Waals surface area contributed by atoms with Crippen molar-refractivity contribution in [3.8, 4) is 5.75 Å². The van der Waals surface area contributed by atoms with Crippen LogP contribution in [-0.2, 0) is 17.6 Å². The second kappa shape index (κ2) is 8.18. The van der Waals surface area contributed by atoms with Gasteiger partial charge in [0.1, 0.15) is 5.75 Å². The summed E-state index contributed by atoms with van der Waals surface area (Å²) >= 11 is 0.